The first-order valence-electron chi connectivity index (χ1n) is 8.61. The van der Waals surface area contributed by atoms with Gasteiger partial charge < -0.3 is 10.2 Å². The van der Waals surface area contributed by atoms with Gasteiger partial charge in [0.1, 0.15) is 4.83 Å². The van der Waals surface area contributed by atoms with Crippen LogP contribution in [-0.4, -0.2) is 46.0 Å². The van der Waals surface area contributed by atoms with E-state index < -0.39 is 0 Å². The molecule has 0 aromatic carbocycles. The molecule has 1 fully saturated rings. The Kier molecular flexibility index (Phi) is 5.63. The summed E-state index contributed by atoms with van der Waals surface area (Å²) in [4.78, 5) is 31.9. The van der Waals surface area contributed by atoms with Crippen molar-refractivity contribution in [1.82, 2.24) is 19.8 Å². The van der Waals surface area contributed by atoms with Crippen LogP contribution in [0.1, 0.15) is 32.6 Å². The maximum atomic E-state index is 12.3. The zero-order valence-electron chi connectivity index (χ0n) is 14.0. The average molecular weight is 348 g/mol. The molecule has 1 aliphatic rings. The van der Waals surface area contributed by atoms with E-state index in [-0.39, 0.29) is 17.5 Å². The van der Waals surface area contributed by atoms with Gasteiger partial charge in [0.2, 0.25) is 5.91 Å². The van der Waals surface area contributed by atoms with Gasteiger partial charge >= 0.3 is 0 Å². The number of fused-ring (bicyclic) bond motifs is 1. The minimum atomic E-state index is -0.0677. The van der Waals surface area contributed by atoms with Crippen LogP contribution in [0.5, 0.6) is 0 Å². The highest BCUT2D eigenvalue weighted by Gasteiger charge is 2.20. The van der Waals surface area contributed by atoms with Crippen molar-refractivity contribution >= 4 is 27.5 Å². The summed E-state index contributed by atoms with van der Waals surface area (Å²) >= 11 is 1.45. The molecule has 7 heteroatoms. The molecule has 1 aliphatic heterocycles. The molecule has 3 rings (SSSR count). The number of carbonyl (C=O) groups excluding carboxylic acids is 1. The van der Waals surface area contributed by atoms with Crippen molar-refractivity contribution < 1.29 is 4.79 Å². The lowest BCUT2D eigenvalue weighted by Gasteiger charge is -2.32. The number of piperidine rings is 1. The topological polar surface area (TPSA) is 67.2 Å². The molecule has 0 bridgehead atoms. The number of thiophene rings is 1. The fraction of sp³-hybridized carbons (Fsp3) is 0.588. The average Bonchev–Trinajstić information content (AvgIpc) is 3.06. The van der Waals surface area contributed by atoms with Crippen LogP contribution in [0.25, 0.3) is 10.2 Å². The van der Waals surface area contributed by atoms with E-state index in [1.807, 2.05) is 5.38 Å². The zero-order chi connectivity index (χ0) is 16.9. The molecular weight excluding hydrogens is 324 g/mol. The SMILES string of the molecule is CCCN1CCC(NC(=O)CCn2cnc3sccc3c2=O)CC1. The predicted molar refractivity (Wildman–Crippen MR) is 96.4 cm³/mol. The van der Waals surface area contributed by atoms with E-state index in [1.165, 1.54) is 28.7 Å². The maximum absolute atomic E-state index is 12.3. The second-order valence-electron chi connectivity index (χ2n) is 6.32. The van der Waals surface area contributed by atoms with Gasteiger partial charge in [-0.1, -0.05) is 6.92 Å². The zero-order valence-corrected chi connectivity index (χ0v) is 14.8. The lowest BCUT2D eigenvalue weighted by atomic mass is 10.0. The first kappa shape index (κ1) is 17.1. The Balaban J connectivity index is 1.49. The molecule has 0 atom stereocenters. The molecule has 0 saturated carbocycles. The van der Waals surface area contributed by atoms with Crippen LogP contribution in [0.4, 0.5) is 0 Å². The molecule has 1 N–H and O–H groups in total. The van der Waals surface area contributed by atoms with Gasteiger partial charge in [-0.3, -0.25) is 14.2 Å². The van der Waals surface area contributed by atoms with E-state index >= 15 is 0 Å². The standard InChI is InChI=1S/C17H24N4O2S/c1-2-7-20-8-3-13(4-9-20)19-15(22)5-10-21-12-18-16-14(17(21)23)6-11-24-16/h6,11-13H,2-5,7-10H2,1H3,(H,19,22). The third-order valence-corrected chi connectivity index (χ3v) is 5.34. The molecule has 0 unspecified atom stereocenters. The molecule has 1 amide bonds. The second-order valence-corrected chi connectivity index (χ2v) is 7.21. The van der Waals surface area contributed by atoms with Crippen LogP contribution in [-0.2, 0) is 11.3 Å². The number of aromatic nitrogens is 2. The van der Waals surface area contributed by atoms with E-state index in [1.54, 1.807) is 6.07 Å². The predicted octanol–water partition coefficient (Wildman–Crippen LogP) is 1.84. The van der Waals surface area contributed by atoms with Gasteiger partial charge in [0.25, 0.3) is 5.56 Å². The van der Waals surface area contributed by atoms with Crippen LogP contribution < -0.4 is 10.9 Å². The quantitative estimate of drug-likeness (QED) is 0.865. The van der Waals surface area contributed by atoms with Crippen LogP contribution in [0.3, 0.4) is 0 Å². The molecule has 2 aromatic rings. The molecule has 0 aliphatic carbocycles. The number of hydrogen-bond donors (Lipinski definition) is 1. The number of nitrogens with zero attached hydrogens (tertiary/aromatic N) is 3. The first-order valence-corrected chi connectivity index (χ1v) is 9.49. The number of rotatable bonds is 6. The highest BCUT2D eigenvalue weighted by Crippen LogP contribution is 2.13. The summed E-state index contributed by atoms with van der Waals surface area (Å²) in [6.45, 7) is 5.81. The Morgan fingerprint density at radius 2 is 2.17 bits per heavy atom. The van der Waals surface area contributed by atoms with E-state index in [9.17, 15) is 9.59 Å². The minimum Gasteiger partial charge on any atom is -0.353 e. The summed E-state index contributed by atoms with van der Waals surface area (Å²) in [5, 5.41) is 5.60. The van der Waals surface area contributed by atoms with Crippen molar-refractivity contribution in [2.75, 3.05) is 19.6 Å². The Labute approximate surface area is 145 Å². The molecule has 3 heterocycles. The highest BCUT2D eigenvalue weighted by atomic mass is 32.1. The lowest BCUT2D eigenvalue weighted by Crippen LogP contribution is -2.45. The van der Waals surface area contributed by atoms with Gasteiger partial charge in [0.05, 0.1) is 11.7 Å². The molecule has 1 saturated heterocycles. The van der Waals surface area contributed by atoms with Gasteiger partial charge in [-0.15, -0.1) is 11.3 Å². The fourth-order valence-electron chi connectivity index (χ4n) is 3.19. The van der Waals surface area contributed by atoms with Gasteiger partial charge in [0, 0.05) is 32.1 Å². The Morgan fingerprint density at radius 1 is 1.38 bits per heavy atom. The molecule has 6 nitrogen and oxygen atoms in total. The highest BCUT2D eigenvalue weighted by molar-refractivity contribution is 7.16. The molecule has 24 heavy (non-hydrogen) atoms. The molecule has 130 valence electrons. The molecule has 2 aromatic heterocycles. The number of nitrogens with one attached hydrogen (secondary N) is 1. The van der Waals surface area contributed by atoms with Crippen molar-refractivity contribution in [1.29, 1.82) is 0 Å². The van der Waals surface area contributed by atoms with Gasteiger partial charge in [-0.2, -0.15) is 0 Å². The van der Waals surface area contributed by atoms with E-state index in [4.69, 9.17) is 0 Å². The molecule has 0 radical (unpaired) electrons. The largest absolute Gasteiger partial charge is 0.353 e. The number of amides is 1. The third-order valence-electron chi connectivity index (χ3n) is 4.52. The smallest absolute Gasteiger partial charge is 0.262 e. The minimum absolute atomic E-state index is 0.0151. The van der Waals surface area contributed by atoms with Crippen molar-refractivity contribution in [3.63, 3.8) is 0 Å². The summed E-state index contributed by atoms with van der Waals surface area (Å²) < 4.78 is 1.53. The summed E-state index contributed by atoms with van der Waals surface area (Å²) in [6.07, 6.45) is 5.04. The summed E-state index contributed by atoms with van der Waals surface area (Å²) in [5.74, 6) is 0.0151. The van der Waals surface area contributed by atoms with Crippen molar-refractivity contribution in [3.05, 3.63) is 28.1 Å². The van der Waals surface area contributed by atoms with Gasteiger partial charge in [-0.25, -0.2) is 4.98 Å². The van der Waals surface area contributed by atoms with E-state index in [2.05, 4.69) is 22.1 Å². The lowest BCUT2D eigenvalue weighted by molar-refractivity contribution is -0.122. The van der Waals surface area contributed by atoms with Crippen LogP contribution in [0.2, 0.25) is 0 Å². The number of carbonyl (C=O) groups is 1. The first-order chi connectivity index (χ1) is 11.7. The normalized spacial score (nSPS) is 16.5. The van der Waals surface area contributed by atoms with Crippen molar-refractivity contribution in [2.24, 2.45) is 0 Å². The van der Waals surface area contributed by atoms with E-state index in [0.29, 0.717) is 18.4 Å². The Morgan fingerprint density at radius 3 is 2.92 bits per heavy atom. The summed E-state index contributed by atoms with van der Waals surface area (Å²) in [7, 11) is 0. The van der Waals surface area contributed by atoms with E-state index in [0.717, 1.165) is 37.3 Å². The number of likely N-dealkylation sites (tertiary alicyclic amines) is 1. The number of aryl methyl sites for hydroxylation is 1. The Bertz CT molecular complexity index is 746. The summed E-state index contributed by atoms with van der Waals surface area (Å²) in [6, 6.07) is 2.05. The van der Waals surface area contributed by atoms with Crippen molar-refractivity contribution in [3.8, 4) is 0 Å². The van der Waals surface area contributed by atoms with Crippen molar-refractivity contribution in [2.45, 2.75) is 45.2 Å². The third kappa shape index (κ3) is 4.02. The fourth-order valence-corrected chi connectivity index (χ4v) is 3.91. The summed E-state index contributed by atoms with van der Waals surface area (Å²) in [5.41, 5.74) is -0.0677. The Hall–Kier alpha value is -1.73. The number of hydrogen-bond acceptors (Lipinski definition) is 5. The van der Waals surface area contributed by atoms with Crippen LogP contribution >= 0.6 is 11.3 Å². The van der Waals surface area contributed by atoms with Gasteiger partial charge in [0.15, 0.2) is 0 Å². The molecular formula is C17H24N4O2S. The van der Waals surface area contributed by atoms with Crippen LogP contribution in [0, 0.1) is 0 Å². The monoisotopic (exact) mass is 348 g/mol. The second kappa shape index (κ2) is 7.90. The molecule has 0 spiro atoms. The van der Waals surface area contributed by atoms with Crippen LogP contribution in [0.15, 0.2) is 22.6 Å². The maximum Gasteiger partial charge on any atom is 0.262 e. The van der Waals surface area contributed by atoms with Gasteiger partial charge in [-0.05, 0) is 37.3 Å².